The number of hydrogen-bond acceptors (Lipinski definition) is 3. The van der Waals surface area contributed by atoms with E-state index in [0.717, 1.165) is 17.8 Å². The molecule has 1 aliphatic rings. The van der Waals surface area contributed by atoms with Gasteiger partial charge >= 0.3 is 0 Å². The Labute approximate surface area is 90.4 Å². The van der Waals surface area contributed by atoms with Gasteiger partial charge in [0.1, 0.15) is 0 Å². The molecule has 1 aromatic carbocycles. The van der Waals surface area contributed by atoms with E-state index in [2.05, 4.69) is 5.32 Å². The Morgan fingerprint density at radius 2 is 2.13 bits per heavy atom. The van der Waals surface area contributed by atoms with Crippen LogP contribution in [-0.2, 0) is 9.84 Å². The fourth-order valence-electron chi connectivity index (χ4n) is 1.84. The summed E-state index contributed by atoms with van der Waals surface area (Å²) in [5.41, 5.74) is 1.72. The van der Waals surface area contributed by atoms with Crippen molar-refractivity contribution < 1.29 is 8.42 Å². The maximum absolute atomic E-state index is 12.0. The van der Waals surface area contributed by atoms with E-state index in [9.17, 15) is 8.42 Å². The van der Waals surface area contributed by atoms with Crippen molar-refractivity contribution in [3.63, 3.8) is 0 Å². The lowest BCUT2D eigenvalue weighted by Gasteiger charge is -2.07. The first-order valence-electron chi connectivity index (χ1n) is 5.06. The molecule has 1 heterocycles. The van der Waals surface area contributed by atoms with Gasteiger partial charge < -0.3 is 5.32 Å². The van der Waals surface area contributed by atoms with Crippen molar-refractivity contribution >= 4 is 15.5 Å². The Balaban J connectivity index is 2.60. The highest BCUT2D eigenvalue weighted by atomic mass is 32.2. The molecule has 0 spiro atoms. The molecule has 1 unspecified atom stereocenters. The minimum atomic E-state index is -3.11. The van der Waals surface area contributed by atoms with E-state index in [1.165, 1.54) is 0 Å². The van der Waals surface area contributed by atoms with Crippen LogP contribution >= 0.6 is 0 Å². The van der Waals surface area contributed by atoms with Crippen molar-refractivity contribution in [3.8, 4) is 0 Å². The predicted molar refractivity (Wildman–Crippen MR) is 60.9 cm³/mol. The van der Waals surface area contributed by atoms with E-state index >= 15 is 0 Å². The molecule has 0 saturated heterocycles. The number of anilines is 1. The summed E-state index contributed by atoms with van der Waals surface area (Å²) < 4.78 is 24.0. The molecule has 1 aliphatic heterocycles. The van der Waals surface area contributed by atoms with Crippen LogP contribution in [0.4, 0.5) is 5.69 Å². The van der Waals surface area contributed by atoms with Gasteiger partial charge in [-0.1, -0.05) is 13.0 Å². The summed E-state index contributed by atoms with van der Waals surface area (Å²) in [4.78, 5) is 0.451. The van der Waals surface area contributed by atoms with Gasteiger partial charge in [-0.2, -0.15) is 0 Å². The lowest BCUT2D eigenvalue weighted by Crippen LogP contribution is -2.15. The number of fused-ring (bicyclic) bond motifs is 1. The molecule has 3 nitrogen and oxygen atoms in total. The highest BCUT2D eigenvalue weighted by Gasteiger charge is 2.25. The maximum atomic E-state index is 12.0. The molecule has 0 bridgehead atoms. The Hall–Kier alpha value is -1.03. The molecular weight excluding hydrogens is 210 g/mol. The number of rotatable bonds is 0. The van der Waals surface area contributed by atoms with Crippen LogP contribution in [0.3, 0.4) is 0 Å². The minimum absolute atomic E-state index is 0.155. The largest absolute Gasteiger partial charge is 0.384 e. The molecule has 0 aromatic heterocycles. The van der Waals surface area contributed by atoms with E-state index in [1.54, 1.807) is 6.07 Å². The number of benzene rings is 1. The van der Waals surface area contributed by atoms with E-state index in [1.807, 2.05) is 26.0 Å². The lowest BCUT2D eigenvalue weighted by molar-refractivity contribution is 0.582. The summed E-state index contributed by atoms with van der Waals surface area (Å²) in [6, 6.07) is 5.52. The number of aryl methyl sites for hydroxylation is 1. The number of sulfone groups is 1. The molecule has 0 saturated carbocycles. The van der Waals surface area contributed by atoms with Crippen LogP contribution in [0, 0.1) is 12.8 Å². The molecule has 4 heteroatoms. The zero-order chi connectivity index (χ0) is 11.1. The smallest absolute Gasteiger partial charge is 0.180 e. The maximum Gasteiger partial charge on any atom is 0.180 e. The Morgan fingerprint density at radius 3 is 2.87 bits per heavy atom. The molecule has 0 fully saturated rings. The van der Waals surface area contributed by atoms with Crippen molar-refractivity contribution in [2.45, 2.75) is 18.7 Å². The van der Waals surface area contributed by atoms with Crippen molar-refractivity contribution in [2.75, 3.05) is 17.6 Å². The fourth-order valence-corrected chi connectivity index (χ4v) is 3.73. The second-order valence-corrected chi connectivity index (χ2v) is 6.27. The first-order chi connectivity index (χ1) is 6.99. The van der Waals surface area contributed by atoms with Gasteiger partial charge in [-0.05, 0) is 30.5 Å². The third-order valence-electron chi connectivity index (χ3n) is 2.62. The van der Waals surface area contributed by atoms with Crippen molar-refractivity contribution in [1.82, 2.24) is 0 Å². The Kier molecular flexibility index (Phi) is 2.46. The van der Waals surface area contributed by atoms with Gasteiger partial charge in [0.15, 0.2) is 9.84 Å². The van der Waals surface area contributed by atoms with E-state index in [0.29, 0.717) is 4.90 Å². The van der Waals surface area contributed by atoms with E-state index in [4.69, 9.17) is 0 Å². The normalized spacial score (nSPS) is 23.7. The standard InChI is InChI=1S/C11H15NO2S/c1-8-3-4-10-11(5-8)15(13,14)7-9(2)6-12-10/h3-5,9,12H,6-7H2,1-2H3. The lowest BCUT2D eigenvalue weighted by atomic mass is 10.2. The summed E-state index contributed by atoms with van der Waals surface area (Å²) in [7, 11) is -3.11. The predicted octanol–water partition coefficient (Wildman–Crippen LogP) is 1.83. The van der Waals surface area contributed by atoms with Gasteiger partial charge in [-0.15, -0.1) is 0 Å². The number of hydrogen-bond donors (Lipinski definition) is 1. The SMILES string of the molecule is Cc1ccc2c(c1)S(=O)(=O)CC(C)CN2. The van der Waals surface area contributed by atoms with Crippen molar-refractivity contribution in [1.29, 1.82) is 0 Å². The first-order valence-corrected chi connectivity index (χ1v) is 6.71. The molecule has 15 heavy (non-hydrogen) atoms. The summed E-state index contributed by atoms with van der Waals surface area (Å²) in [5.74, 6) is 0.388. The molecule has 1 atom stereocenters. The summed E-state index contributed by atoms with van der Waals surface area (Å²) in [5, 5.41) is 3.18. The van der Waals surface area contributed by atoms with Crippen LogP contribution in [0.1, 0.15) is 12.5 Å². The topological polar surface area (TPSA) is 46.2 Å². The van der Waals surface area contributed by atoms with Crippen LogP contribution in [0.15, 0.2) is 23.1 Å². The molecule has 1 N–H and O–H groups in total. The van der Waals surface area contributed by atoms with Gasteiger partial charge in [0.25, 0.3) is 0 Å². The van der Waals surface area contributed by atoms with Gasteiger partial charge in [0, 0.05) is 6.54 Å². The Morgan fingerprint density at radius 1 is 1.40 bits per heavy atom. The molecule has 1 aromatic rings. The summed E-state index contributed by atoms with van der Waals surface area (Å²) in [6.45, 7) is 4.57. The number of nitrogens with one attached hydrogen (secondary N) is 1. The van der Waals surface area contributed by atoms with Gasteiger partial charge in [-0.3, -0.25) is 0 Å². The first kappa shape index (κ1) is 10.5. The third-order valence-corrected chi connectivity index (χ3v) is 4.63. The van der Waals surface area contributed by atoms with E-state index in [-0.39, 0.29) is 11.7 Å². The second kappa shape index (κ2) is 3.52. The van der Waals surface area contributed by atoms with Crippen molar-refractivity contribution in [2.24, 2.45) is 5.92 Å². The average Bonchev–Trinajstić information content (AvgIpc) is 2.24. The van der Waals surface area contributed by atoms with Gasteiger partial charge in [0.2, 0.25) is 0 Å². The highest BCUT2D eigenvalue weighted by molar-refractivity contribution is 7.91. The van der Waals surface area contributed by atoms with E-state index < -0.39 is 9.84 Å². The zero-order valence-corrected chi connectivity index (χ0v) is 9.76. The molecule has 0 radical (unpaired) electrons. The van der Waals surface area contributed by atoms with Crippen molar-refractivity contribution in [3.05, 3.63) is 23.8 Å². The molecule has 0 aliphatic carbocycles. The van der Waals surface area contributed by atoms with Crippen LogP contribution in [0.2, 0.25) is 0 Å². The summed E-state index contributed by atoms with van der Waals surface area (Å²) >= 11 is 0. The molecule has 2 rings (SSSR count). The third kappa shape index (κ3) is 2.00. The zero-order valence-electron chi connectivity index (χ0n) is 8.95. The quantitative estimate of drug-likeness (QED) is 0.732. The second-order valence-electron chi connectivity index (χ2n) is 4.27. The summed E-state index contributed by atoms with van der Waals surface area (Å²) in [6.07, 6.45) is 0. The van der Waals surface area contributed by atoms with Crippen LogP contribution in [-0.4, -0.2) is 20.7 Å². The van der Waals surface area contributed by atoms with Crippen LogP contribution in [0.5, 0.6) is 0 Å². The average molecular weight is 225 g/mol. The highest BCUT2D eigenvalue weighted by Crippen LogP contribution is 2.27. The Bertz CT molecular complexity index is 479. The fraction of sp³-hybridized carbons (Fsp3) is 0.455. The monoisotopic (exact) mass is 225 g/mol. The minimum Gasteiger partial charge on any atom is -0.384 e. The van der Waals surface area contributed by atoms with Gasteiger partial charge in [-0.25, -0.2) is 8.42 Å². The molecular formula is C11H15NO2S. The van der Waals surface area contributed by atoms with Crippen LogP contribution < -0.4 is 5.32 Å². The van der Waals surface area contributed by atoms with Gasteiger partial charge in [0.05, 0.1) is 16.3 Å². The molecule has 82 valence electrons. The van der Waals surface area contributed by atoms with Crippen LogP contribution in [0.25, 0.3) is 0 Å². The molecule has 0 amide bonds.